The van der Waals surface area contributed by atoms with Crippen molar-refractivity contribution in [3.05, 3.63) is 78.3 Å². The first kappa shape index (κ1) is 22.9. The van der Waals surface area contributed by atoms with E-state index in [4.69, 9.17) is 18.6 Å². The minimum atomic E-state index is -0.423. The summed E-state index contributed by atoms with van der Waals surface area (Å²) in [6.45, 7) is 1.81. The molecule has 0 spiro atoms. The maximum atomic E-state index is 13.4. The molecule has 34 heavy (non-hydrogen) atoms. The maximum absolute atomic E-state index is 13.4. The third-order valence-corrected chi connectivity index (χ3v) is 5.45. The lowest BCUT2D eigenvalue weighted by Gasteiger charge is -2.11. The van der Waals surface area contributed by atoms with E-state index in [9.17, 15) is 9.18 Å². The van der Waals surface area contributed by atoms with Gasteiger partial charge in [0.2, 0.25) is 5.91 Å². The van der Waals surface area contributed by atoms with Crippen LogP contribution >= 0.6 is 0 Å². The van der Waals surface area contributed by atoms with Gasteiger partial charge in [-0.25, -0.2) is 4.39 Å². The zero-order valence-corrected chi connectivity index (χ0v) is 19.3. The number of furan rings is 1. The Labute approximate surface area is 196 Å². The Morgan fingerprint density at radius 2 is 1.71 bits per heavy atom. The SMILES string of the molecule is COc1ccc(-c2coc3cc(OC)c(/C(C)=C/C(=O)Nc4cccc(F)c4)cc23)cc1OC. The van der Waals surface area contributed by atoms with Crippen LogP contribution in [0.15, 0.2) is 71.4 Å². The highest BCUT2D eigenvalue weighted by Crippen LogP contribution is 2.39. The highest BCUT2D eigenvalue weighted by Gasteiger charge is 2.16. The van der Waals surface area contributed by atoms with Crippen LogP contribution in [0, 0.1) is 5.82 Å². The fraction of sp³-hybridized carbons (Fsp3) is 0.148. The molecule has 0 saturated carbocycles. The largest absolute Gasteiger partial charge is 0.496 e. The molecule has 4 rings (SSSR count). The van der Waals surface area contributed by atoms with Gasteiger partial charge >= 0.3 is 0 Å². The Balaban J connectivity index is 1.73. The van der Waals surface area contributed by atoms with Crippen LogP contribution in [-0.4, -0.2) is 27.2 Å². The van der Waals surface area contributed by atoms with E-state index in [-0.39, 0.29) is 5.91 Å². The van der Waals surface area contributed by atoms with Crippen LogP contribution in [0.5, 0.6) is 17.2 Å². The van der Waals surface area contributed by atoms with Crippen LogP contribution in [0.3, 0.4) is 0 Å². The van der Waals surface area contributed by atoms with Crippen LogP contribution in [-0.2, 0) is 4.79 Å². The molecule has 0 aliphatic carbocycles. The predicted molar refractivity (Wildman–Crippen MR) is 130 cm³/mol. The van der Waals surface area contributed by atoms with Crippen LogP contribution in [0.2, 0.25) is 0 Å². The van der Waals surface area contributed by atoms with E-state index in [1.807, 2.05) is 31.2 Å². The standard InChI is InChI=1S/C27H24FNO5/c1-16(10-27(30)29-19-7-5-6-18(28)12-19)20-13-21-22(15-34-25(21)14-24(20)32-3)17-8-9-23(31-2)26(11-17)33-4/h5-15H,1-4H3,(H,29,30)/b16-10+. The van der Waals surface area contributed by atoms with Gasteiger partial charge < -0.3 is 23.9 Å². The zero-order valence-electron chi connectivity index (χ0n) is 19.3. The lowest BCUT2D eigenvalue weighted by Crippen LogP contribution is -2.08. The molecule has 0 aliphatic heterocycles. The number of rotatable bonds is 7. The highest BCUT2D eigenvalue weighted by molar-refractivity contribution is 6.05. The van der Waals surface area contributed by atoms with Crippen molar-refractivity contribution < 1.29 is 27.8 Å². The minimum Gasteiger partial charge on any atom is -0.496 e. The third-order valence-electron chi connectivity index (χ3n) is 5.45. The summed E-state index contributed by atoms with van der Waals surface area (Å²) in [5.41, 5.74) is 4.17. The number of halogens is 1. The van der Waals surface area contributed by atoms with Crippen LogP contribution in [0.25, 0.3) is 27.7 Å². The smallest absolute Gasteiger partial charge is 0.248 e. The number of hydrogen-bond acceptors (Lipinski definition) is 5. The molecule has 0 fully saturated rings. The summed E-state index contributed by atoms with van der Waals surface area (Å²) in [4.78, 5) is 12.5. The number of amides is 1. The van der Waals surface area contributed by atoms with E-state index >= 15 is 0 Å². The molecule has 0 unspecified atom stereocenters. The lowest BCUT2D eigenvalue weighted by atomic mass is 9.99. The Bertz CT molecular complexity index is 1390. The van der Waals surface area contributed by atoms with Crippen LogP contribution in [0.1, 0.15) is 12.5 Å². The van der Waals surface area contributed by atoms with E-state index in [0.29, 0.717) is 34.1 Å². The molecule has 4 aromatic rings. The number of methoxy groups -OCH3 is 3. The van der Waals surface area contributed by atoms with Crippen molar-refractivity contribution in [2.24, 2.45) is 0 Å². The molecule has 1 N–H and O–H groups in total. The van der Waals surface area contributed by atoms with E-state index in [2.05, 4.69) is 5.32 Å². The van der Waals surface area contributed by atoms with Crippen molar-refractivity contribution in [1.82, 2.24) is 0 Å². The van der Waals surface area contributed by atoms with Gasteiger partial charge in [0, 0.05) is 34.3 Å². The number of allylic oxidation sites excluding steroid dienone is 1. The summed E-state index contributed by atoms with van der Waals surface area (Å²) in [5, 5.41) is 3.52. The summed E-state index contributed by atoms with van der Waals surface area (Å²) in [5.74, 6) is 0.997. The molecule has 0 atom stereocenters. The van der Waals surface area contributed by atoms with Crippen molar-refractivity contribution >= 4 is 28.1 Å². The van der Waals surface area contributed by atoms with Gasteiger partial charge in [-0.15, -0.1) is 0 Å². The van der Waals surface area contributed by atoms with Gasteiger partial charge in [-0.1, -0.05) is 12.1 Å². The van der Waals surface area contributed by atoms with Crippen molar-refractivity contribution in [1.29, 1.82) is 0 Å². The molecule has 1 amide bonds. The number of anilines is 1. The molecule has 174 valence electrons. The second-order valence-corrected chi connectivity index (χ2v) is 7.59. The first-order valence-corrected chi connectivity index (χ1v) is 10.5. The molecule has 3 aromatic carbocycles. The fourth-order valence-electron chi connectivity index (χ4n) is 3.78. The molecule has 7 heteroatoms. The summed E-state index contributed by atoms with van der Waals surface area (Å²) in [6, 6.07) is 15.1. The molecule has 0 aliphatic rings. The van der Waals surface area contributed by atoms with Gasteiger partial charge in [-0.2, -0.15) is 0 Å². The van der Waals surface area contributed by atoms with Gasteiger partial charge in [-0.3, -0.25) is 4.79 Å². The molecular formula is C27H24FNO5. The zero-order chi connectivity index (χ0) is 24.2. The normalized spacial score (nSPS) is 11.4. The molecule has 0 saturated heterocycles. The van der Waals surface area contributed by atoms with E-state index in [0.717, 1.165) is 22.1 Å². The molecule has 0 radical (unpaired) electrons. The van der Waals surface area contributed by atoms with Gasteiger partial charge in [0.15, 0.2) is 11.5 Å². The second-order valence-electron chi connectivity index (χ2n) is 7.59. The molecular weight excluding hydrogens is 437 g/mol. The maximum Gasteiger partial charge on any atom is 0.248 e. The summed E-state index contributed by atoms with van der Waals surface area (Å²) in [6.07, 6.45) is 3.12. The summed E-state index contributed by atoms with van der Waals surface area (Å²) >= 11 is 0. The average molecular weight is 461 g/mol. The topological polar surface area (TPSA) is 69.9 Å². The number of nitrogens with one attached hydrogen (secondary N) is 1. The number of fused-ring (bicyclic) bond motifs is 1. The monoisotopic (exact) mass is 461 g/mol. The molecule has 1 heterocycles. The summed E-state index contributed by atoms with van der Waals surface area (Å²) in [7, 11) is 4.73. The number of carbonyl (C=O) groups excluding carboxylic acids is 1. The van der Waals surface area contributed by atoms with E-state index < -0.39 is 5.82 Å². The van der Waals surface area contributed by atoms with Crippen molar-refractivity contribution in [3.8, 4) is 28.4 Å². The third kappa shape index (κ3) is 4.59. The second kappa shape index (κ2) is 9.70. The van der Waals surface area contributed by atoms with Gasteiger partial charge in [0.1, 0.15) is 17.1 Å². The summed E-state index contributed by atoms with van der Waals surface area (Å²) < 4.78 is 35.5. The van der Waals surface area contributed by atoms with Gasteiger partial charge in [0.05, 0.1) is 27.6 Å². The number of ether oxygens (including phenoxy) is 3. The minimum absolute atomic E-state index is 0.377. The molecule has 0 bridgehead atoms. The number of carbonyl (C=O) groups is 1. The molecule has 1 aromatic heterocycles. The van der Waals surface area contributed by atoms with Gasteiger partial charge in [-0.05, 0) is 54.5 Å². The lowest BCUT2D eigenvalue weighted by molar-refractivity contribution is -0.111. The fourth-order valence-corrected chi connectivity index (χ4v) is 3.78. The van der Waals surface area contributed by atoms with E-state index in [1.165, 1.54) is 24.3 Å². The first-order valence-electron chi connectivity index (χ1n) is 10.5. The molecule has 6 nitrogen and oxygen atoms in total. The predicted octanol–water partition coefficient (Wildman–Crippen LogP) is 6.31. The quantitative estimate of drug-likeness (QED) is 0.327. The van der Waals surface area contributed by atoms with Crippen LogP contribution in [0.4, 0.5) is 10.1 Å². The Morgan fingerprint density at radius 3 is 2.41 bits per heavy atom. The van der Waals surface area contributed by atoms with Crippen LogP contribution < -0.4 is 19.5 Å². The first-order chi connectivity index (χ1) is 16.4. The average Bonchev–Trinajstić information content (AvgIpc) is 3.25. The Hall–Kier alpha value is -4.26. The van der Waals surface area contributed by atoms with Gasteiger partial charge in [0.25, 0.3) is 0 Å². The van der Waals surface area contributed by atoms with E-state index in [1.54, 1.807) is 39.7 Å². The Morgan fingerprint density at radius 1 is 0.941 bits per heavy atom. The van der Waals surface area contributed by atoms with Crippen molar-refractivity contribution in [2.75, 3.05) is 26.6 Å². The van der Waals surface area contributed by atoms with Crippen molar-refractivity contribution in [2.45, 2.75) is 6.92 Å². The van der Waals surface area contributed by atoms with Crippen molar-refractivity contribution in [3.63, 3.8) is 0 Å². The number of benzene rings is 3. The Kier molecular flexibility index (Phi) is 6.54. The highest BCUT2D eigenvalue weighted by atomic mass is 19.1. The number of hydrogen-bond donors (Lipinski definition) is 1.